The molecule has 94 valence electrons. The van der Waals surface area contributed by atoms with E-state index in [4.69, 9.17) is 11.0 Å². The molecule has 1 nitrogen and oxygen atoms in total. The molecular formula is C13H27OSiZr-. The smallest absolute Gasteiger partial charge is 0.200 e. The molecule has 0 aromatic carbocycles. The van der Waals surface area contributed by atoms with E-state index in [1.54, 1.807) is 6.08 Å². The minimum absolute atomic E-state index is 0. The molecule has 0 aliphatic carbocycles. The van der Waals surface area contributed by atoms with Gasteiger partial charge >= 0.3 is 0 Å². The third kappa shape index (κ3) is 4.58. The first-order chi connectivity index (χ1) is 6.89. The molecule has 0 bridgehead atoms. The van der Waals surface area contributed by atoms with Crippen molar-refractivity contribution in [2.45, 2.75) is 64.6 Å². The summed E-state index contributed by atoms with van der Waals surface area (Å²) in [4.78, 5) is 0. The molecular weight excluding hydrogens is 291 g/mol. The van der Waals surface area contributed by atoms with Crippen molar-refractivity contribution in [2.24, 2.45) is 0 Å². The second-order valence-electron chi connectivity index (χ2n) is 5.19. The van der Waals surface area contributed by atoms with E-state index in [-0.39, 0.29) is 26.2 Å². The fraction of sp³-hybridized carbons (Fsp3) is 0.846. The Bertz CT molecular complexity index is 169. The van der Waals surface area contributed by atoms with E-state index in [0.29, 0.717) is 16.6 Å². The summed E-state index contributed by atoms with van der Waals surface area (Å²) in [5, 5.41) is 0. The van der Waals surface area contributed by atoms with Crippen LogP contribution in [0.15, 0.2) is 6.08 Å². The fourth-order valence-electron chi connectivity index (χ4n) is 2.80. The van der Waals surface area contributed by atoms with E-state index in [2.05, 4.69) is 41.5 Å². The van der Waals surface area contributed by atoms with Crippen LogP contribution in [0.5, 0.6) is 0 Å². The van der Waals surface area contributed by atoms with Gasteiger partial charge in [-0.05, 0) is 23.0 Å². The SMILES string of the molecule is [CH-]=CCCO[Si](C(C)C)(C(C)C)C(C)C.[Zr]. The summed E-state index contributed by atoms with van der Waals surface area (Å²) in [6.07, 6.45) is 2.56. The molecule has 0 amide bonds. The van der Waals surface area contributed by atoms with E-state index in [9.17, 15) is 0 Å². The molecule has 0 aromatic heterocycles. The molecule has 0 heterocycles. The minimum atomic E-state index is -1.64. The van der Waals surface area contributed by atoms with Crippen molar-refractivity contribution in [3.8, 4) is 0 Å². The van der Waals surface area contributed by atoms with Crippen molar-refractivity contribution in [2.75, 3.05) is 6.61 Å². The van der Waals surface area contributed by atoms with Gasteiger partial charge in [-0.25, -0.2) is 0 Å². The Morgan fingerprint density at radius 1 is 1.00 bits per heavy atom. The van der Waals surface area contributed by atoms with Crippen molar-refractivity contribution in [3.63, 3.8) is 0 Å². The second kappa shape index (κ2) is 8.83. The van der Waals surface area contributed by atoms with Crippen LogP contribution in [0.4, 0.5) is 0 Å². The average molecular weight is 319 g/mol. The molecule has 0 aliphatic rings. The van der Waals surface area contributed by atoms with E-state index < -0.39 is 8.32 Å². The largest absolute Gasteiger partial charge is 0.518 e. The Morgan fingerprint density at radius 3 is 1.62 bits per heavy atom. The molecule has 3 heteroatoms. The number of hydrogen-bond acceptors (Lipinski definition) is 1. The molecule has 0 radical (unpaired) electrons. The van der Waals surface area contributed by atoms with Gasteiger partial charge in [0, 0.05) is 32.8 Å². The van der Waals surface area contributed by atoms with Crippen molar-refractivity contribution < 1.29 is 30.6 Å². The first-order valence-corrected chi connectivity index (χ1v) is 8.20. The first-order valence-electron chi connectivity index (χ1n) is 6.06. The standard InChI is InChI=1S/C13H27OSi.Zr/c1-8-9-10-14-15(11(2)3,12(4)5)13(6)7;/h1,8,11-13H,9-10H2,2-7H3;/q-1;. The molecule has 0 saturated heterocycles. The van der Waals surface area contributed by atoms with Gasteiger partial charge in [-0.3, -0.25) is 6.08 Å². The summed E-state index contributed by atoms with van der Waals surface area (Å²) in [5.74, 6) is 0. The predicted molar refractivity (Wildman–Crippen MR) is 70.5 cm³/mol. The van der Waals surface area contributed by atoms with Crippen LogP contribution in [0.1, 0.15) is 48.0 Å². The summed E-state index contributed by atoms with van der Waals surface area (Å²) in [6.45, 7) is 20.0. The van der Waals surface area contributed by atoms with E-state index in [1.165, 1.54) is 0 Å². The van der Waals surface area contributed by atoms with Crippen molar-refractivity contribution in [3.05, 3.63) is 12.7 Å². The Labute approximate surface area is 122 Å². The van der Waals surface area contributed by atoms with Gasteiger partial charge in [0.25, 0.3) is 0 Å². The zero-order chi connectivity index (χ0) is 12.1. The zero-order valence-electron chi connectivity index (χ0n) is 11.7. The molecule has 0 aromatic rings. The monoisotopic (exact) mass is 317 g/mol. The minimum Gasteiger partial charge on any atom is -0.518 e. The van der Waals surface area contributed by atoms with Gasteiger partial charge in [0.2, 0.25) is 0 Å². The quantitative estimate of drug-likeness (QED) is 0.380. The normalized spacial score (nSPS) is 12.1. The van der Waals surface area contributed by atoms with Crippen molar-refractivity contribution >= 4 is 8.32 Å². The molecule has 0 rings (SSSR count). The van der Waals surface area contributed by atoms with Crippen LogP contribution < -0.4 is 0 Å². The third-order valence-corrected chi connectivity index (χ3v) is 9.46. The van der Waals surface area contributed by atoms with Crippen LogP contribution in [0, 0.1) is 6.58 Å². The molecule has 0 N–H and O–H groups in total. The first kappa shape index (κ1) is 19.1. The van der Waals surface area contributed by atoms with Crippen LogP contribution in [0.3, 0.4) is 0 Å². The number of rotatable bonds is 7. The van der Waals surface area contributed by atoms with Crippen LogP contribution in [-0.2, 0) is 30.6 Å². The molecule has 0 fully saturated rings. The fourth-order valence-corrected chi connectivity index (χ4v) is 8.28. The van der Waals surface area contributed by atoms with E-state index in [0.717, 1.165) is 13.0 Å². The van der Waals surface area contributed by atoms with Gasteiger partial charge in [0.1, 0.15) is 0 Å². The van der Waals surface area contributed by atoms with Crippen LogP contribution >= 0.6 is 0 Å². The molecule has 0 spiro atoms. The van der Waals surface area contributed by atoms with Gasteiger partial charge in [-0.1, -0.05) is 41.5 Å². The van der Waals surface area contributed by atoms with Crippen LogP contribution in [-0.4, -0.2) is 14.9 Å². The van der Waals surface area contributed by atoms with Crippen molar-refractivity contribution in [1.29, 1.82) is 0 Å². The summed E-state index contributed by atoms with van der Waals surface area (Å²) in [6, 6.07) is 0. The van der Waals surface area contributed by atoms with Gasteiger partial charge in [-0.2, -0.15) is 0 Å². The summed E-state index contributed by atoms with van der Waals surface area (Å²) in [7, 11) is -1.64. The maximum atomic E-state index is 6.28. The Morgan fingerprint density at radius 2 is 1.38 bits per heavy atom. The maximum Gasteiger partial charge on any atom is 0.200 e. The second-order valence-corrected chi connectivity index (χ2v) is 10.7. The van der Waals surface area contributed by atoms with Gasteiger partial charge in [0.15, 0.2) is 8.32 Å². The number of hydrogen-bond donors (Lipinski definition) is 0. The Hall–Kier alpha value is 0.800. The van der Waals surface area contributed by atoms with E-state index >= 15 is 0 Å². The Balaban J connectivity index is 0. The van der Waals surface area contributed by atoms with Crippen LogP contribution in [0.2, 0.25) is 16.6 Å². The van der Waals surface area contributed by atoms with E-state index in [1.807, 2.05) is 0 Å². The predicted octanol–water partition coefficient (Wildman–Crippen LogP) is 4.56. The average Bonchev–Trinajstić information content (AvgIpc) is 2.10. The van der Waals surface area contributed by atoms with Gasteiger partial charge < -0.3 is 11.0 Å². The molecule has 0 saturated carbocycles. The molecule has 16 heavy (non-hydrogen) atoms. The van der Waals surface area contributed by atoms with Gasteiger partial charge in [-0.15, -0.1) is 0 Å². The molecule has 0 unspecified atom stereocenters. The topological polar surface area (TPSA) is 9.23 Å². The summed E-state index contributed by atoms with van der Waals surface area (Å²) >= 11 is 0. The molecule has 0 aliphatic heterocycles. The summed E-state index contributed by atoms with van der Waals surface area (Å²) in [5.41, 5.74) is 1.99. The molecule has 0 atom stereocenters. The zero-order valence-corrected chi connectivity index (χ0v) is 15.2. The summed E-state index contributed by atoms with van der Waals surface area (Å²) < 4.78 is 6.28. The Kier molecular flexibility index (Phi) is 10.6. The maximum absolute atomic E-state index is 6.28. The van der Waals surface area contributed by atoms with Crippen LogP contribution in [0.25, 0.3) is 0 Å². The van der Waals surface area contributed by atoms with Gasteiger partial charge in [0.05, 0.1) is 0 Å². The third-order valence-electron chi connectivity index (χ3n) is 3.34. The van der Waals surface area contributed by atoms with Crippen molar-refractivity contribution in [1.82, 2.24) is 0 Å².